The van der Waals surface area contributed by atoms with E-state index in [-0.39, 0.29) is 17.6 Å². The summed E-state index contributed by atoms with van der Waals surface area (Å²) in [4.78, 5) is 33.3. The van der Waals surface area contributed by atoms with Gasteiger partial charge in [-0.15, -0.1) is 0 Å². The van der Waals surface area contributed by atoms with Gasteiger partial charge < -0.3 is 20.9 Å². The van der Waals surface area contributed by atoms with Crippen LogP contribution < -0.4 is 16.0 Å². The number of nitrogens with one attached hydrogen (secondary N) is 4. The van der Waals surface area contributed by atoms with Gasteiger partial charge in [-0.1, -0.05) is 30.3 Å². The molecular formula is C27H24FN5O2. The molecule has 35 heavy (non-hydrogen) atoms. The summed E-state index contributed by atoms with van der Waals surface area (Å²) in [5.41, 5.74) is 5.18. The van der Waals surface area contributed by atoms with E-state index in [1.165, 1.54) is 12.1 Å². The molecule has 2 amide bonds. The third-order valence-electron chi connectivity index (χ3n) is 6.07. The number of nitrogens with zero attached hydrogens (tertiary/aromatic N) is 1. The van der Waals surface area contributed by atoms with E-state index in [2.05, 4.69) is 25.9 Å². The van der Waals surface area contributed by atoms with E-state index >= 15 is 0 Å². The van der Waals surface area contributed by atoms with Crippen LogP contribution >= 0.6 is 0 Å². The van der Waals surface area contributed by atoms with Crippen molar-refractivity contribution < 1.29 is 14.0 Å². The van der Waals surface area contributed by atoms with Crippen molar-refractivity contribution in [2.45, 2.75) is 19.3 Å². The molecule has 0 radical (unpaired) electrons. The monoisotopic (exact) mass is 469 g/mol. The van der Waals surface area contributed by atoms with Crippen LogP contribution in [0.1, 0.15) is 34.5 Å². The van der Waals surface area contributed by atoms with Crippen molar-refractivity contribution in [1.29, 1.82) is 0 Å². The highest BCUT2D eigenvalue weighted by Gasteiger charge is 2.27. The van der Waals surface area contributed by atoms with Gasteiger partial charge in [-0.3, -0.25) is 9.59 Å². The fraction of sp³-hybridized carbons (Fsp3) is 0.148. The van der Waals surface area contributed by atoms with Crippen molar-refractivity contribution in [2.24, 2.45) is 0 Å². The van der Waals surface area contributed by atoms with Gasteiger partial charge in [0, 0.05) is 36.1 Å². The lowest BCUT2D eigenvalue weighted by Crippen LogP contribution is -2.31. The van der Waals surface area contributed by atoms with Gasteiger partial charge in [0.2, 0.25) is 5.91 Å². The van der Waals surface area contributed by atoms with Crippen molar-refractivity contribution in [3.63, 3.8) is 0 Å². The average Bonchev–Trinajstić information content (AvgIpc) is 3.24. The molecule has 0 unspecified atom stereocenters. The maximum atomic E-state index is 13.2. The molecule has 1 atom stereocenters. The molecular weight excluding hydrogens is 445 g/mol. The second kappa shape index (κ2) is 9.42. The third-order valence-corrected chi connectivity index (χ3v) is 6.07. The first-order chi connectivity index (χ1) is 17.0. The Balaban J connectivity index is 1.46. The van der Waals surface area contributed by atoms with Crippen molar-refractivity contribution in [1.82, 2.24) is 15.3 Å². The minimum absolute atomic E-state index is 0.136. The summed E-state index contributed by atoms with van der Waals surface area (Å²) in [6, 6.07) is 19.1. The van der Waals surface area contributed by atoms with E-state index < -0.39 is 5.92 Å². The first kappa shape index (κ1) is 22.3. The molecule has 1 aliphatic heterocycles. The lowest BCUT2D eigenvalue weighted by atomic mass is 10.0. The predicted molar refractivity (Wildman–Crippen MR) is 133 cm³/mol. The largest absolute Gasteiger partial charge is 0.356 e. The van der Waals surface area contributed by atoms with Crippen LogP contribution in [0, 0.1) is 5.82 Å². The number of para-hydroxylation sites is 1. The fourth-order valence-corrected chi connectivity index (χ4v) is 4.18. The minimum atomic E-state index is -0.488. The molecule has 2 aromatic carbocycles. The smallest absolute Gasteiger partial charge is 0.255 e. The summed E-state index contributed by atoms with van der Waals surface area (Å²) >= 11 is 0. The van der Waals surface area contributed by atoms with E-state index in [1.807, 2.05) is 36.4 Å². The molecule has 7 nitrogen and oxygen atoms in total. The van der Waals surface area contributed by atoms with Crippen LogP contribution in [-0.4, -0.2) is 28.3 Å². The van der Waals surface area contributed by atoms with Crippen LogP contribution in [-0.2, 0) is 11.2 Å². The number of aromatic nitrogens is 2. The second-order valence-corrected chi connectivity index (χ2v) is 8.42. The zero-order valence-corrected chi connectivity index (χ0v) is 19.1. The summed E-state index contributed by atoms with van der Waals surface area (Å²) in [5, 5.41) is 9.14. The van der Waals surface area contributed by atoms with Gasteiger partial charge in [0.25, 0.3) is 5.91 Å². The van der Waals surface area contributed by atoms with Gasteiger partial charge >= 0.3 is 0 Å². The first-order valence-corrected chi connectivity index (χ1v) is 11.4. The Bertz CT molecular complexity index is 1380. The Morgan fingerprint density at radius 2 is 1.86 bits per heavy atom. The maximum Gasteiger partial charge on any atom is 0.255 e. The van der Waals surface area contributed by atoms with E-state index in [9.17, 15) is 14.0 Å². The van der Waals surface area contributed by atoms with E-state index in [1.54, 1.807) is 31.3 Å². The van der Waals surface area contributed by atoms with Crippen LogP contribution in [0.3, 0.4) is 0 Å². The van der Waals surface area contributed by atoms with Crippen LogP contribution in [0.4, 0.5) is 21.6 Å². The number of hydrogen-bond acceptors (Lipinski definition) is 4. The van der Waals surface area contributed by atoms with Crippen LogP contribution in [0.2, 0.25) is 0 Å². The van der Waals surface area contributed by atoms with Crippen LogP contribution in [0.15, 0.2) is 72.9 Å². The van der Waals surface area contributed by atoms with Crippen LogP contribution in [0.25, 0.3) is 11.3 Å². The normalized spacial score (nSPS) is 13.5. The quantitative estimate of drug-likeness (QED) is 0.320. The highest BCUT2D eigenvalue weighted by Crippen LogP contribution is 2.37. The number of amides is 2. The lowest BCUT2D eigenvalue weighted by molar-refractivity contribution is -0.117. The Kier molecular flexibility index (Phi) is 6.01. The molecule has 0 aliphatic carbocycles. The van der Waals surface area contributed by atoms with Crippen molar-refractivity contribution in [3.8, 4) is 11.3 Å². The standard InChI is InChI=1S/C27H24FN5O2/c1-16(17-7-9-19(28)10-8-17)26(34)33-22-15-18(11-13-29-22)24-25(31-20-5-3-2-4-6-20)23-21(32-24)12-14-30-27(23)35/h2-11,13,15-16,31-32H,12,14H2,1H3,(H,30,35)(H,29,33,34)/t16-/m1/s1. The molecule has 0 saturated heterocycles. The molecule has 0 fully saturated rings. The Hall–Kier alpha value is -4.46. The number of halogens is 1. The van der Waals surface area contributed by atoms with Gasteiger partial charge in [-0.05, 0) is 48.9 Å². The highest BCUT2D eigenvalue weighted by atomic mass is 19.1. The summed E-state index contributed by atoms with van der Waals surface area (Å²) in [6.45, 7) is 2.32. The number of carbonyl (C=O) groups is 2. The summed E-state index contributed by atoms with van der Waals surface area (Å²) in [6.07, 6.45) is 2.30. The molecule has 0 spiro atoms. The molecule has 8 heteroatoms. The summed E-state index contributed by atoms with van der Waals surface area (Å²) in [5.74, 6) is -0.850. The number of carbonyl (C=O) groups excluding carboxylic acids is 2. The van der Waals surface area contributed by atoms with Gasteiger partial charge in [0.15, 0.2) is 0 Å². The molecule has 4 aromatic rings. The fourth-order valence-electron chi connectivity index (χ4n) is 4.18. The number of hydrogen-bond donors (Lipinski definition) is 4. The Morgan fingerprint density at radius 1 is 1.09 bits per heavy atom. The molecule has 176 valence electrons. The Morgan fingerprint density at radius 3 is 2.63 bits per heavy atom. The zero-order valence-electron chi connectivity index (χ0n) is 19.1. The van der Waals surface area contributed by atoms with Crippen molar-refractivity contribution >= 4 is 29.0 Å². The Labute approximate surface area is 201 Å². The number of fused-ring (bicyclic) bond motifs is 1. The first-order valence-electron chi connectivity index (χ1n) is 11.4. The second-order valence-electron chi connectivity index (χ2n) is 8.42. The van der Waals surface area contributed by atoms with Gasteiger partial charge in [0.1, 0.15) is 11.6 Å². The lowest BCUT2D eigenvalue weighted by Gasteiger charge is -2.15. The number of anilines is 3. The van der Waals surface area contributed by atoms with Gasteiger partial charge in [-0.2, -0.15) is 0 Å². The molecule has 5 rings (SSSR count). The average molecular weight is 470 g/mol. The molecule has 2 aromatic heterocycles. The van der Waals surface area contributed by atoms with Crippen molar-refractivity contribution in [2.75, 3.05) is 17.2 Å². The van der Waals surface area contributed by atoms with Gasteiger partial charge in [0.05, 0.1) is 22.9 Å². The molecule has 4 N–H and O–H groups in total. The zero-order chi connectivity index (χ0) is 24.4. The summed E-state index contributed by atoms with van der Waals surface area (Å²) in [7, 11) is 0. The number of benzene rings is 2. The molecule has 0 bridgehead atoms. The minimum Gasteiger partial charge on any atom is -0.356 e. The predicted octanol–water partition coefficient (Wildman–Crippen LogP) is 4.99. The van der Waals surface area contributed by atoms with E-state index in [0.29, 0.717) is 35.6 Å². The number of rotatable bonds is 6. The van der Waals surface area contributed by atoms with Crippen LogP contribution in [0.5, 0.6) is 0 Å². The molecule has 1 aliphatic rings. The number of aromatic amines is 1. The highest BCUT2D eigenvalue weighted by molar-refractivity contribution is 6.06. The molecule has 3 heterocycles. The topological polar surface area (TPSA) is 98.9 Å². The SMILES string of the molecule is C[C@@H](C(=O)Nc1cc(-c2[nH]c3c(c2Nc2ccccc2)C(=O)NCC3)ccn1)c1ccc(F)cc1. The number of pyridine rings is 1. The summed E-state index contributed by atoms with van der Waals surface area (Å²) < 4.78 is 13.2. The maximum absolute atomic E-state index is 13.2. The van der Waals surface area contributed by atoms with Crippen molar-refractivity contribution in [3.05, 3.63) is 95.6 Å². The van der Waals surface area contributed by atoms with E-state index in [0.717, 1.165) is 22.6 Å². The van der Waals surface area contributed by atoms with E-state index in [4.69, 9.17) is 0 Å². The third kappa shape index (κ3) is 4.63. The molecule has 0 saturated carbocycles. The number of H-pyrrole nitrogens is 1. The van der Waals surface area contributed by atoms with Gasteiger partial charge in [-0.25, -0.2) is 9.37 Å².